The summed E-state index contributed by atoms with van der Waals surface area (Å²) in [4.78, 5) is 0. The minimum absolute atomic E-state index is 0.110. The highest BCUT2D eigenvalue weighted by Crippen LogP contribution is 2.30. The third kappa shape index (κ3) is 2.68. The fourth-order valence-electron chi connectivity index (χ4n) is 1.76. The third-order valence-corrected chi connectivity index (χ3v) is 4.53. The van der Waals surface area contributed by atoms with E-state index < -0.39 is 0 Å². The molecule has 15 heavy (non-hydrogen) atoms. The predicted molar refractivity (Wildman–Crippen MR) is 71.5 cm³/mol. The molecule has 0 saturated carbocycles. The Morgan fingerprint density at radius 3 is 2.67 bits per heavy atom. The van der Waals surface area contributed by atoms with Crippen LogP contribution in [-0.2, 0) is 0 Å². The summed E-state index contributed by atoms with van der Waals surface area (Å²) < 4.78 is 1.11. The van der Waals surface area contributed by atoms with Crippen LogP contribution < -0.4 is 11.1 Å². The van der Waals surface area contributed by atoms with E-state index in [4.69, 9.17) is 5.73 Å². The smallest absolute Gasteiger partial charge is 0.0593 e. The summed E-state index contributed by atoms with van der Waals surface area (Å²) in [6.07, 6.45) is 1.16. The van der Waals surface area contributed by atoms with Gasteiger partial charge in [-0.05, 0) is 36.4 Å². The summed E-state index contributed by atoms with van der Waals surface area (Å²) in [5, 5.41) is 3.56. The van der Waals surface area contributed by atoms with Crippen molar-refractivity contribution in [1.29, 1.82) is 0 Å². The molecule has 1 saturated heterocycles. The number of halogens is 1. The number of hydrogen-bond acceptors (Lipinski definition) is 3. The highest BCUT2D eigenvalue weighted by Gasteiger charge is 2.32. The van der Waals surface area contributed by atoms with E-state index in [0.29, 0.717) is 6.54 Å². The van der Waals surface area contributed by atoms with Crippen LogP contribution >= 0.6 is 27.7 Å². The molecule has 82 valence electrons. The van der Waals surface area contributed by atoms with Gasteiger partial charge < -0.3 is 11.1 Å². The normalized spacial score (nSPS) is 25.5. The zero-order valence-electron chi connectivity index (χ0n) is 8.50. The van der Waals surface area contributed by atoms with E-state index in [1.807, 2.05) is 11.8 Å². The first-order valence-electron chi connectivity index (χ1n) is 5.06. The van der Waals surface area contributed by atoms with Gasteiger partial charge in [0.25, 0.3) is 0 Å². The molecule has 1 fully saturated rings. The van der Waals surface area contributed by atoms with Crippen LogP contribution in [0.2, 0.25) is 0 Å². The molecular formula is C11H15BrN2S. The molecule has 0 bridgehead atoms. The van der Waals surface area contributed by atoms with Gasteiger partial charge in [-0.1, -0.05) is 15.9 Å². The summed E-state index contributed by atoms with van der Waals surface area (Å²) in [7, 11) is 0. The summed E-state index contributed by atoms with van der Waals surface area (Å²) in [6.45, 7) is 0.704. The number of thioether (sulfide) groups is 1. The molecule has 1 aromatic rings. The second-order valence-corrected chi connectivity index (χ2v) is 5.94. The van der Waals surface area contributed by atoms with Gasteiger partial charge in [0.2, 0.25) is 0 Å². The van der Waals surface area contributed by atoms with Gasteiger partial charge in [0.1, 0.15) is 0 Å². The quantitative estimate of drug-likeness (QED) is 0.897. The lowest BCUT2D eigenvalue weighted by molar-refractivity contribution is 0.537. The molecule has 3 N–H and O–H groups in total. The molecule has 0 amide bonds. The summed E-state index contributed by atoms with van der Waals surface area (Å²) in [6, 6.07) is 8.28. The minimum atomic E-state index is 0.110. The molecule has 4 heteroatoms. The average molecular weight is 287 g/mol. The molecule has 1 unspecified atom stereocenters. The zero-order valence-corrected chi connectivity index (χ0v) is 10.9. The Bertz CT molecular complexity index is 320. The van der Waals surface area contributed by atoms with Crippen LogP contribution in [0, 0.1) is 0 Å². The van der Waals surface area contributed by atoms with E-state index in [1.165, 1.54) is 5.75 Å². The lowest BCUT2D eigenvalue weighted by Crippen LogP contribution is -2.45. The standard InChI is InChI=1S/C11H15BrN2S/c12-9-1-3-10(4-2-9)14-11(7-13)5-6-15-8-11/h1-4,14H,5-8,13H2. The first kappa shape index (κ1) is 11.3. The van der Waals surface area contributed by atoms with Gasteiger partial charge in [0.15, 0.2) is 0 Å². The monoisotopic (exact) mass is 286 g/mol. The lowest BCUT2D eigenvalue weighted by atomic mass is 9.99. The van der Waals surface area contributed by atoms with Gasteiger partial charge in [0, 0.05) is 22.5 Å². The molecule has 1 aliphatic heterocycles. The summed E-state index contributed by atoms with van der Waals surface area (Å²) >= 11 is 5.41. The van der Waals surface area contributed by atoms with Crippen molar-refractivity contribution >= 4 is 33.4 Å². The topological polar surface area (TPSA) is 38.0 Å². The van der Waals surface area contributed by atoms with E-state index in [9.17, 15) is 0 Å². The van der Waals surface area contributed by atoms with Gasteiger partial charge in [-0.2, -0.15) is 11.8 Å². The van der Waals surface area contributed by atoms with Crippen LogP contribution in [0.15, 0.2) is 28.7 Å². The maximum absolute atomic E-state index is 5.86. The van der Waals surface area contributed by atoms with Crippen molar-refractivity contribution in [3.63, 3.8) is 0 Å². The second kappa shape index (κ2) is 4.76. The average Bonchev–Trinajstić information content (AvgIpc) is 2.71. The summed E-state index contributed by atoms with van der Waals surface area (Å²) in [5.41, 5.74) is 7.13. The largest absolute Gasteiger partial charge is 0.377 e. The molecular weight excluding hydrogens is 272 g/mol. The maximum atomic E-state index is 5.86. The molecule has 0 aromatic heterocycles. The van der Waals surface area contributed by atoms with E-state index in [1.54, 1.807) is 0 Å². The van der Waals surface area contributed by atoms with Crippen LogP contribution in [0.5, 0.6) is 0 Å². The molecule has 0 radical (unpaired) electrons. The Kier molecular flexibility index (Phi) is 3.59. The van der Waals surface area contributed by atoms with E-state index >= 15 is 0 Å². The Morgan fingerprint density at radius 2 is 2.13 bits per heavy atom. The number of nitrogens with one attached hydrogen (secondary N) is 1. The lowest BCUT2D eigenvalue weighted by Gasteiger charge is -2.29. The molecule has 1 aliphatic rings. The maximum Gasteiger partial charge on any atom is 0.0593 e. The van der Waals surface area contributed by atoms with Gasteiger partial charge in [-0.3, -0.25) is 0 Å². The Morgan fingerprint density at radius 1 is 1.40 bits per heavy atom. The van der Waals surface area contributed by atoms with Crippen molar-refractivity contribution in [3.8, 4) is 0 Å². The van der Waals surface area contributed by atoms with E-state index in [-0.39, 0.29) is 5.54 Å². The first-order chi connectivity index (χ1) is 7.24. The highest BCUT2D eigenvalue weighted by atomic mass is 79.9. The highest BCUT2D eigenvalue weighted by molar-refractivity contribution is 9.10. The van der Waals surface area contributed by atoms with Gasteiger partial charge in [-0.25, -0.2) is 0 Å². The van der Waals surface area contributed by atoms with Crippen LogP contribution in [0.1, 0.15) is 6.42 Å². The number of hydrogen-bond donors (Lipinski definition) is 2. The number of nitrogens with two attached hydrogens (primary N) is 1. The van der Waals surface area contributed by atoms with Crippen molar-refractivity contribution in [2.45, 2.75) is 12.0 Å². The molecule has 2 nitrogen and oxygen atoms in total. The van der Waals surface area contributed by atoms with Crippen molar-refractivity contribution in [1.82, 2.24) is 0 Å². The molecule has 0 spiro atoms. The van der Waals surface area contributed by atoms with Crippen LogP contribution in [-0.4, -0.2) is 23.6 Å². The second-order valence-electron chi connectivity index (χ2n) is 3.92. The molecule has 1 aromatic carbocycles. The molecule has 1 heterocycles. The minimum Gasteiger partial charge on any atom is -0.377 e. The van der Waals surface area contributed by atoms with Crippen LogP contribution in [0.4, 0.5) is 5.69 Å². The Balaban J connectivity index is 2.09. The number of benzene rings is 1. The third-order valence-electron chi connectivity index (χ3n) is 2.75. The molecule has 2 rings (SSSR count). The molecule has 1 atom stereocenters. The summed E-state index contributed by atoms with van der Waals surface area (Å²) in [5.74, 6) is 2.32. The van der Waals surface area contributed by atoms with Crippen LogP contribution in [0.3, 0.4) is 0 Å². The van der Waals surface area contributed by atoms with Gasteiger partial charge in [-0.15, -0.1) is 0 Å². The Labute approximate surface area is 103 Å². The van der Waals surface area contributed by atoms with Gasteiger partial charge >= 0.3 is 0 Å². The number of anilines is 1. The first-order valence-corrected chi connectivity index (χ1v) is 7.00. The van der Waals surface area contributed by atoms with E-state index in [0.717, 1.165) is 22.3 Å². The van der Waals surface area contributed by atoms with Crippen molar-refractivity contribution < 1.29 is 0 Å². The fraction of sp³-hybridized carbons (Fsp3) is 0.455. The van der Waals surface area contributed by atoms with E-state index in [2.05, 4.69) is 45.5 Å². The van der Waals surface area contributed by atoms with Crippen molar-refractivity contribution in [2.75, 3.05) is 23.4 Å². The van der Waals surface area contributed by atoms with Gasteiger partial charge in [0.05, 0.1) is 5.54 Å². The van der Waals surface area contributed by atoms with Crippen LogP contribution in [0.25, 0.3) is 0 Å². The fourth-order valence-corrected chi connectivity index (χ4v) is 3.43. The van der Waals surface area contributed by atoms with Crippen molar-refractivity contribution in [2.24, 2.45) is 5.73 Å². The van der Waals surface area contributed by atoms with Crippen molar-refractivity contribution in [3.05, 3.63) is 28.7 Å². The SMILES string of the molecule is NCC1(Nc2ccc(Br)cc2)CCSC1. The molecule has 0 aliphatic carbocycles. The Hall–Kier alpha value is -0.190. The predicted octanol–water partition coefficient (Wildman–Crippen LogP) is 2.70. The number of rotatable bonds is 3. The zero-order chi connectivity index (χ0) is 10.7.